The Balaban J connectivity index is 1.46. The van der Waals surface area contributed by atoms with Crippen molar-refractivity contribution in [2.45, 2.75) is 31.7 Å². The van der Waals surface area contributed by atoms with Crippen LogP contribution in [0.4, 0.5) is 5.69 Å². The number of pyridine rings is 1. The maximum Gasteiger partial charge on any atom is 0.248 e. The van der Waals surface area contributed by atoms with E-state index < -0.39 is 0 Å². The summed E-state index contributed by atoms with van der Waals surface area (Å²) in [5, 5.41) is 3.15. The first kappa shape index (κ1) is 15.0. The molecule has 0 bridgehead atoms. The van der Waals surface area contributed by atoms with Crippen LogP contribution in [0.5, 0.6) is 0 Å². The zero-order valence-corrected chi connectivity index (χ0v) is 13.5. The van der Waals surface area contributed by atoms with Gasteiger partial charge in [-0.1, -0.05) is 18.2 Å². The number of aromatic amines is 1. The topological polar surface area (TPSA) is 65.2 Å². The van der Waals surface area contributed by atoms with Crippen LogP contribution < -0.4 is 15.8 Å². The van der Waals surface area contributed by atoms with Gasteiger partial charge in [0.25, 0.3) is 0 Å². The first-order valence-corrected chi connectivity index (χ1v) is 8.55. The number of nitrogens with one attached hydrogen (secondary N) is 2. The van der Waals surface area contributed by atoms with Crippen LogP contribution in [0.25, 0.3) is 0 Å². The molecule has 2 aliphatic rings. The summed E-state index contributed by atoms with van der Waals surface area (Å²) in [6.45, 7) is 1.27. The van der Waals surface area contributed by atoms with Gasteiger partial charge >= 0.3 is 0 Å². The average molecular weight is 323 g/mol. The number of hydrogen-bond acceptors (Lipinski definition) is 3. The average Bonchev–Trinajstić information content (AvgIpc) is 2.98. The van der Waals surface area contributed by atoms with Gasteiger partial charge in [-0.25, -0.2) is 0 Å². The number of carbonyl (C=O) groups is 1. The van der Waals surface area contributed by atoms with Crippen LogP contribution in [0.1, 0.15) is 35.7 Å². The van der Waals surface area contributed by atoms with Gasteiger partial charge in [0.1, 0.15) is 0 Å². The van der Waals surface area contributed by atoms with E-state index in [1.165, 1.54) is 11.3 Å². The Bertz CT molecular complexity index is 827. The number of para-hydroxylation sites is 1. The highest BCUT2D eigenvalue weighted by atomic mass is 16.2. The third kappa shape index (κ3) is 2.82. The van der Waals surface area contributed by atoms with E-state index in [9.17, 15) is 9.59 Å². The van der Waals surface area contributed by atoms with E-state index in [2.05, 4.69) is 27.3 Å². The molecule has 0 saturated carbocycles. The van der Waals surface area contributed by atoms with E-state index in [0.29, 0.717) is 6.54 Å². The Labute approximate surface area is 140 Å². The number of rotatable bonds is 3. The molecule has 24 heavy (non-hydrogen) atoms. The minimum absolute atomic E-state index is 0.00375. The number of hydrogen-bond donors (Lipinski definition) is 2. The second-order valence-electron chi connectivity index (χ2n) is 6.57. The van der Waals surface area contributed by atoms with Gasteiger partial charge in [0, 0.05) is 24.0 Å². The van der Waals surface area contributed by atoms with Gasteiger partial charge < -0.3 is 15.2 Å². The predicted octanol–water partition coefficient (Wildman–Crippen LogP) is 1.93. The fraction of sp³-hybridized carbons (Fsp3) is 0.368. The zero-order chi connectivity index (χ0) is 16.5. The summed E-state index contributed by atoms with van der Waals surface area (Å²) in [4.78, 5) is 29.0. The molecule has 0 fully saturated rings. The van der Waals surface area contributed by atoms with Gasteiger partial charge in [0.2, 0.25) is 11.5 Å². The Morgan fingerprint density at radius 1 is 1.21 bits per heavy atom. The Morgan fingerprint density at radius 2 is 2.08 bits per heavy atom. The van der Waals surface area contributed by atoms with Crippen molar-refractivity contribution >= 4 is 11.6 Å². The van der Waals surface area contributed by atoms with E-state index in [1.54, 1.807) is 6.07 Å². The molecule has 5 heteroatoms. The van der Waals surface area contributed by atoms with E-state index in [4.69, 9.17) is 0 Å². The summed E-state index contributed by atoms with van der Waals surface area (Å²) in [6, 6.07) is 11.7. The van der Waals surface area contributed by atoms with Crippen molar-refractivity contribution in [2.75, 3.05) is 18.0 Å². The van der Waals surface area contributed by atoms with E-state index in [0.717, 1.165) is 43.5 Å². The molecule has 0 saturated heterocycles. The molecule has 1 unspecified atom stereocenters. The molecule has 1 aliphatic heterocycles. The van der Waals surface area contributed by atoms with Crippen molar-refractivity contribution in [1.29, 1.82) is 0 Å². The van der Waals surface area contributed by atoms with Crippen molar-refractivity contribution in [3.8, 4) is 0 Å². The standard InChI is InChI=1S/C19H21N3O2/c23-18-9-8-14-15(20-18)5-3-6-16(14)21-19(24)12-22-11-10-13-4-1-2-7-17(13)22/h1-2,4,7-9,16H,3,5-6,10-12H2,(H,20,23)(H,21,24). The first-order chi connectivity index (χ1) is 11.7. The van der Waals surface area contributed by atoms with Gasteiger partial charge in [0.15, 0.2) is 0 Å². The summed E-state index contributed by atoms with van der Waals surface area (Å²) in [5.41, 5.74) is 4.42. The third-order valence-corrected chi connectivity index (χ3v) is 4.98. The second kappa shape index (κ2) is 6.15. The molecule has 1 atom stereocenters. The molecule has 0 spiro atoms. The molecule has 2 heterocycles. The molecule has 1 aliphatic carbocycles. The Hall–Kier alpha value is -2.56. The highest BCUT2D eigenvalue weighted by Crippen LogP contribution is 2.29. The molecular weight excluding hydrogens is 302 g/mol. The number of benzene rings is 1. The zero-order valence-electron chi connectivity index (χ0n) is 13.5. The van der Waals surface area contributed by atoms with Crippen LogP contribution in [-0.2, 0) is 17.6 Å². The highest BCUT2D eigenvalue weighted by Gasteiger charge is 2.25. The van der Waals surface area contributed by atoms with Crippen LogP contribution in [0.3, 0.4) is 0 Å². The summed E-state index contributed by atoms with van der Waals surface area (Å²) in [5.74, 6) is 0.0377. The lowest BCUT2D eigenvalue weighted by atomic mass is 9.91. The Morgan fingerprint density at radius 3 is 3.00 bits per heavy atom. The molecule has 2 aromatic rings. The molecular formula is C19H21N3O2. The highest BCUT2D eigenvalue weighted by molar-refractivity contribution is 5.82. The maximum absolute atomic E-state index is 12.5. The van der Waals surface area contributed by atoms with Crippen LogP contribution in [-0.4, -0.2) is 24.0 Å². The largest absolute Gasteiger partial charge is 0.362 e. The third-order valence-electron chi connectivity index (χ3n) is 4.98. The van der Waals surface area contributed by atoms with Crippen molar-refractivity contribution in [1.82, 2.24) is 10.3 Å². The van der Waals surface area contributed by atoms with Gasteiger partial charge in [-0.3, -0.25) is 9.59 Å². The number of H-pyrrole nitrogens is 1. The minimum Gasteiger partial charge on any atom is -0.362 e. The summed E-state index contributed by atoms with van der Waals surface area (Å²) < 4.78 is 0. The fourth-order valence-corrected chi connectivity index (χ4v) is 3.83. The van der Waals surface area contributed by atoms with E-state index in [1.807, 2.05) is 18.2 Å². The maximum atomic E-state index is 12.5. The lowest BCUT2D eigenvalue weighted by Crippen LogP contribution is -2.39. The van der Waals surface area contributed by atoms with Crippen LogP contribution >= 0.6 is 0 Å². The van der Waals surface area contributed by atoms with Crippen molar-refractivity contribution < 1.29 is 4.79 Å². The number of fused-ring (bicyclic) bond motifs is 2. The van der Waals surface area contributed by atoms with Gasteiger partial charge in [0.05, 0.1) is 12.6 Å². The van der Waals surface area contributed by atoms with Gasteiger partial charge in [-0.05, 0) is 48.9 Å². The second-order valence-corrected chi connectivity index (χ2v) is 6.57. The number of aromatic nitrogens is 1. The minimum atomic E-state index is -0.0746. The number of nitrogens with zero attached hydrogens (tertiary/aromatic N) is 1. The van der Waals surface area contributed by atoms with Gasteiger partial charge in [-0.15, -0.1) is 0 Å². The normalized spacial score (nSPS) is 18.8. The first-order valence-electron chi connectivity index (χ1n) is 8.55. The molecule has 1 aromatic carbocycles. The van der Waals surface area contributed by atoms with Crippen molar-refractivity contribution in [2.24, 2.45) is 0 Å². The van der Waals surface area contributed by atoms with Crippen LogP contribution in [0.15, 0.2) is 41.2 Å². The number of anilines is 1. The van der Waals surface area contributed by atoms with Gasteiger partial charge in [-0.2, -0.15) is 0 Å². The lowest BCUT2D eigenvalue weighted by molar-refractivity contribution is -0.120. The SMILES string of the molecule is O=C(CN1CCc2ccccc21)NC1CCCc2[nH]c(=O)ccc21. The Kier molecular flexibility index (Phi) is 3.84. The molecule has 0 radical (unpaired) electrons. The van der Waals surface area contributed by atoms with Crippen molar-refractivity contribution in [3.05, 3.63) is 63.6 Å². The molecule has 1 aromatic heterocycles. The smallest absolute Gasteiger partial charge is 0.248 e. The predicted molar refractivity (Wildman–Crippen MR) is 93.2 cm³/mol. The lowest BCUT2D eigenvalue weighted by Gasteiger charge is -2.27. The quantitative estimate of drug-likeness (QED) is 0.907. The monoisotopic (exact) mass is 323 g/mol. The van der Waals surface area contributed by atoms with Crippen LogP contribution in [0, 0.1) is 0 Å². The van der Waals surface area contributed by atoms with Crippen molar-refractivity contribution in [3.63, 3.8) is 0 Å². The summed E-state index contributed by atoms with van der Waals surface area (Å²) in [6.07, 6.45) is 3.76. The number of aryl methyl sites for hydroxylation is 1. The molecule has 4 rings (SSSR count). The summed E-state index contributed by atoms with van der Waals surface area (Å²) in [7, 11) is 0. The molecule has 5 nitrogen and oxygen atoms in total. The molecule has 2 N–H and O–H groups in total. The van der Waals surface area contributed by atoms with E-state index >= 15 is 0 Å². The fourth-order valence-electron chi connectivity index (χ4n) is 3.83. The van der Waals surface area contributed by atoms with Crippen LogP contribution in [0.2, 0.25) is 0 Å². The number of amides is 1. The molecule has 124 valence electrons. The van der Waals surface area contributed by atoms with E-state index in [-0.39, 0.29) is 17.5 Å². The molecule has 1 amide bonds. The number of carbonyl (C=O) groups excluding carboxylic acids is 1. The summed E-state index contributed by atoms with van der Waals surface area (Å²) >= 11 is 0.